The van der Waals surface area contributed by atoms with Gasteiger partial charge < -0.3 is 14.7 Å². The fourth-order valence-electron chi connectivity index (χ4n) is 14.8. The van der Waals surface area contributed by atoms with Crippen LogP contribution in [0.25, 0.3) is 0 Å². The molecule has 4 heterocycles. The molecule has 316 valence electrons. The van der Waals surface area contributed by atoms with Crippen LogP contribution >= 0.6 is 0 Å². The van der Waals surface area contributed by atoms with Gasteiger partial charge in [0.25, 0.3) is 6.71 Å². The van der Waals surface area contributed by atoms with Crippen molar-refractivity contribution in [2.45, 2.75) is 113 Å². The molecule has 0 N–H and O–H groups in total. The molecule has 0 amide bonds. The first-order valence-electron chi connectivity index (χ1n) is 24.2. The van der Waals surface area contributed by atoms with E-state index in [0.29, 0.717) is 0 Å². The molecule has 0 saturated heterocycles. The number of benzene rings is 7. The maximum atomic E-state index is 2.95. The maximum absolute atomic E-state index is 2.95. The predicted octanol–water partition coefficient (Wildman–Crippen LogP) is 13.1. The zero-order valence-electron chi connectivity index (χ0n) is 38.2. The van der Waals surface area contributed by atoms with Crippen LogP contribution < -0.4 is 31.1 Å². The molecule has 0 radical (unpaired) electrons. The summed E-state index contributed by atoms with van der Waals surface area (Å²) in [7, 11) is 0. The number of fused-ring (bicyclic) bond motifs is 10. The Hall–Kier alpha value is -6.00. The van der Waals surface area contributed by atoms with Gasteiger partial charge in [0, 0.05) is 50.6 Å². The van der Waals surface area contributed by atoms with Gasteiger partial charge in [0.15, 0.2) is 0 Å². The van der Waals surface area contributed by atoms with Gasteiger partial charge in [-0.3, -0.25) is 0 Å². The normalized spacial score (nSPS) is 25.8. The quantitative estimate of drug-likeness (QED) is 0.164. The first-order valence-corrected chi connectivity index (χ1v) is 24.2. The van der Waals surface area contributed by atoms with Crippen molar-refractivity contribution >= 4 is 62.9 Å². The van der Waals surface area contributed by atoms with E-state index in [1.807, 2.05) is 0 Å². The third-order valence-corrected chi connectivity index (χ3v) is 17.5. The molecule has 0 aromatic heterocycles. The highest BCUT2D eigenvalue weighted by molar-refractivity contribution is 7.00. The van der Waals surface area contributed by atoms with E-state index in [1.54, 1.807) is 0 Å². The highest BCUT2D eigenvalue weighted by atomic mass is 15.3. The number of hydrogen-bond donors (Lipinski definition) is 0. The number of rotatable bonds is 4. The van der Waals surface area contributed by atoms with Crippen LogP contribution in [-0.2, 0) is 16.2 Å². The van der Waals surface area contributed by atoms with E-state index in [9.17, 15) is 0 Å². The first kappa shape index (κ1) is 38.5. The Kier molecular flexibility index (Phi) is 7.98. The summed E-state index contributed by atoms with van der Waals surface area (Å²) < 4.78 is 0. The molecule has 2 aliphatic carbocycles. The molecule has 0 spiro atoms. The molecule has 13 rings (SSSR count). The van der Waals surface area contributed by atoms with Crippen LogP contribution in [0, 0.1) is 0 Å². The monoisotopic (exact) mass is 831 g/mol. The standard InChI is InChI=1S/C60H58BN3/c1-56(2,3)43-37-47-55-49(38-43)61-48-30-16-18-32-51(48)62(44-27-13-8-14-28-44)52-39-45(40-53(54(52)61)64(55)58(5)34-20-22-36-60(47,58)42-25-11-7-12-26-42)63-50-31-17-15-29-46(50)59(41-23-9-6-10-24-41)35-21-19-33-57(59,63)4/h6-18,23-32,37-40H,19-22,33-36H2,1-5H3. The van der Waals surface area contributed by atoms with Crippen molar-refractivity contribution in [2.24, 2.45) is 0 Å². The lowest BCUT2D eigenvalue weighted by molar-refractivity contribution is 0.214. The maximum Gasteiger partial charge on any atom is 0.252 e. The Morgan fingerprint density at radius 3 is 1.64 bits per heavy atom. The third-order valence-electron chi connectivity index (χ3n) is 17.5. The summed E-state index contributed by atoms with van der Waals surface area (Å²) in [5.74, 6) is 0. The third kappa shape index (κ3) is 4.69. The van der Waals surface area contributed by atoms with E-state index in [1.165, 1.54) is 110 Å². The summed E-state index contributed by atoms with van der Waals surface area (Å²) in [6.07, 6.45) is 9.42. The Balaban J connectivity index is 1.17. The Bertz CT molecular complexity index is 3010. The molecule has 3 nitrogen and oxygen atoms in total. The minimum absolute atomic E-state index is 0.0248. The van der Waals surface area contributed by atoms with E-state index in [4.69, 9.17) is 0 Å². The Morgan fingerprint density at radius 1 is 0.453 bits per heavy atom. The fraction of sp³-hybridized carbons (Fsp3) is 0.300. The molecule has 6 aliphatic rings. The topological polar surface area (TPSA) is 9.72 Å². The summed E-state index contributed by atoms with van der Waals surface area (Å²) in [6.45, 7) is 12.6. The molecule has 7 aromatic rings. The van der Waals surface area contributed by atoms with Gasteiger partial charge in [-0.25, -0.2) is 0 Å². The lowest BCUT2D eigenvalue weighted by atomic mass is 9.33. The molecule has 64 heavy (non-hydrogen) atoms. The lowest BCUT2D eigenvalue weighted by Crippen LogP contribution is -2.65. The van der Waals surface area contributed by atoms with E-state index in [0.717, 1.165) is 25.7 Å². The second kappa shape index (κ2) is 13.3. The summed E-state index contributed by atoms with van der Waals surface area (Å²) in [5.41, 5.74) is 20.3. The van der Waals surface area contributed by atoms with Gasteiger partial charge in [0.05, 0.1) is 11.1 Å². The van der Waals surface area contributed by atoms with Gasteiger partial charge in [-0.1, -0.05) is 174 Å². The van der Waals surface area contributed by atoms with Crippen LogP contribution in [0.2, 0.25) is 0 Å². The van der Waals surface area contributed by atoms with Crippen LogP contribution in [-0.4, -0.2) is 17.8 Å². The van der Waals surface area contributed by atoms with Gasteiger partial charge in [-0.05, 0) is 126 Å². The van der Waals surface area contributed by atoms with Crippen molar-refractivity contribution in [2.75, 3.05) is 14.7 Å². The highest BCUT2D eigenvalue weighted by Gasteiger charge is 2.65. The van der Waals surface area contributed by atoms with Crippen LogP contribution in [0.1, 0.15) is 114 Å². The van der Waals surface area contributed by atoms with Gasteiger partial charge in [0.1, 0.15) is 0 Å². The smallest absolute Gasteiger partial charge is 0.252 e. The van der Waals surface area contributed by atoms with Crippen molar-refractivity contribution in [1.29, 1.82) is 0 Å². The van der Waals surface area contributed by atoms with E-state index in [-0.39, 0.29) is 34.0 Å². The molecule has 7 aromatic carbocycles. The molecule has 4 aliphatic heterocycles. The SMILES string of the molecule is CC(C)(C)c1cc2c3c(c1)C1(c4ccccc4)CCCCC1(C)N3c1cc(N3c4ccccc4C4(c5ccccc5)CCCCC34C)cc3c1B2c1ccccc1N3c1ccccc1. The van der Waals surface area contributed by atoms with Crippen molar-refractivity contribution < 1.29 is 0 Å². The summed E-state index contributed by atoms with van der Waals surface area (Å²) in [4.78, 5) is 8.40. The molecule has 2 saturated carbocycles. The van der Waals surface area contributed by atoms with Crippen molar-refractivity contribution in [3.05, 3.63) is 192 Å². The lowest BCUT2D eigenvalue weighted by Gasteiger charge is -2.55. The van der Waals surface area contributed by atoms with Crippen LogP contribution in [0.3, 0.4) is 0 Å². The molecule has 4 atom stereocenters. The van der Waals surface area contributed by atoms with E-state index < -0.39 is 0 Å². The minimum atomic E-state index is -0.197. The van der Waals surface area contributed by atoms with Crippen molar-refractivity contribution in [1.82, 2.24) is 0 Å². The number of nitrogens with zero attached hydrogens (tertiary/aromatic N) is 3. The molecule has 2 fully saturated rings. The molecule has 0 bridgehead atoms. The van der Waals surface area contributed by atoms with Crippen LogP contribution in [0.4, 0.5) is 39.8 Å². The largest absolute Gasteiger partial charge is 0.335 e. The summed E-state index contributed by atoms with van der Waals surface area (Å²) >= 11 is 0. The van der Waals surface area contributed by atoms with Crippen molar-refractivity contribution in [3.8, 4) is 0 Å². The van der Waals surface area contributed by atoms with Gasteiger partial charge in [-0.15, -0.1) is 0 Å². The van der Waals surface area contributed by atoms with Gasteiger partial charge in [0.2, 0.25) is 0 Å². The molecular weight excluding hydrogens is 773 g/mol. The number of para-hydroxylation sites is 3. The second-order valence-electron chi connectivity index (χ2n) is 21.5. The van der Waals surface area contributed by atoms with Gasteiger partial charge in [-0.2, -0.15) is 0 Å². The van der Waals surface area contributed by atoms with Crippen molar-refractivity contribution in [3.63, 3.8) is 0 Å². The van der Waals surface area contributed by atoms with E-state index in [2.05, 4.69) is 213 Å². The molecule has 4 unspecified atom stereocenters. The number of hydrogen-bond acceptors (Lipinski definition) is 3. The predicted molar refractivity (Wildman–Crippen MR) is 270 cm³/mol. The summed E-state index contributed by atoms with van der Waals surface area (Å²) in [6, 6.07) is 63.9. The van der Waals surface area contributed by atoms with Crippen LogP contribution in [0.5, 0.6) is 0 Å². The average Bonchev–Trinajstić information content (AvgIpc) is 3.72. The van der Waals surface area contributed by atoms with E-state index >= 15 is 0 Å². The summed E-state index contributed by atoms with van der Waals surface area (Å²) in [5, 5.41) is 0. The average molecular weight is 832 g/mol. The minimum Gasteiger partial charge on any atom is -0.335 e. The number of anilines is 7. The fourth-order valence-corrected chi connectivity index (χ4v) is 14.8. The zero-order chi connectivity index (χ0) is 43.2. The highest BCUT2D eigenvalue weighted by Crippen LogP contribution is 2.67. The molecular formula is C60H58BN3. The Morgan fingerprint density at radius 2 is 0.984 bits per heavy atom. The van der Waals surface area contributed by atoms with Gasteiger partial charge >= 0.3 is 0 Å². The molecule has 4 heteroatoms. The second-order valence-corrected chi connectivity index (χ2v) is 21.5. The first-order chi connectivity index (χ1) is 31.1. The Labute approximate surface area is 380 Å². The van der Waals surface area contributed by atoms with Crippen LogP contribution in [0.15, 0.2) is 164 Å². The zero-order valence-corrected chi connectivity index (χ0v) is 38.2.